The Kier molecular flexibility index (Phi) is 5.34. The van der Waals surface area contributed by atoms with Crippen LogP contribution in [0.3, 0.4) is 0 Å². The molecular formula is C21H24N4O2. The second kappa shape index (κ2) is 8.22. The minimum Gasteiger partial charge on any atom is -0.506 e. The molecule has 2 heterocycles. The van der Waals surface area contributed by atoms with Crippen LogP contribution < -0.4 is 4.90 Å². The van der Waals surface area contributed by atoms with Crippen LogP contribution in [0.5, 0.6) is 5.75 Å². The number of para-hydroxylation sites is 2. The van der Waals surface area contributed by atoms with Crippen LogP contribution in [0.4, 0.5) is 5.69 Å². The molecule has 4 rings (SSSR count). The Morgan fingerprint density at radius 3 is 2.44 bits per heavy atom. The van der Waals surface area contributed by atoms with Crippen molar-refractivity contribution in [2.45, 2.75) is 12.8 Å². The van der Waals surface area contributed by atoms with Crippen molar-refractivity contribution in [2.75, 3.05) is 37.6 Å². The molecule has 0 aliphatic carbocycles. The number of anilines is 1. The first-order valence-electron chi connectivity index (χ1n) is 9.43. The molecule has 1 fully saturated rings. The van der Waals surface area contributed by atoms with Crippen molar-refractivity contribution >= 4 is 5.69 Å². The number of aromatic hydroxyl groups is 1. The van der Waals surface area contributed by atoms with Gasteiger partial charge in [-0.25, -0.2) is 0 Å². The number of rotatable bonds is 6. The van der Waals surface area contributed by atoms with Gasteiger partial charge in [-0.05, 0) is 25.1 Å². The van der Waals surface area contributed by atoms with Crippen molar-refractivity contribution in [3.05, 3.63) is 60.5 Å². The fourth-order valence-corrected chi connectivity index (χ4v) is 3.46. The molecule has 1 aromatic heterocycles. The number of hydrogen-bond donors (Lipinski definition) is 1. The number of phenolic OH excluding ortho intramolecular Hbond substituents is 1. The topological polar surface area (TPSA) is 65.6 Å². The van der Waals surface area contributed by atoms with Gasteiger partial charge in [0.05, 0.1) is 5.69 Å². The first-order valence-corrected chi connectivity index (χ1v) is 9.43. The van der Waals surface area contributed by atoms with Gasteiger partial charge in [0, 0.05) is 38.2 Å². The molecule has 1 N–H and O–H groups in total. The maximum absolute atomic E-state index is 10.0. The molecule has 1 saturated heterocycles. The molecule has 6 nitrogen and oxygen atoms in total. The number of aromatic nitrogens is 2. The lowest BCUT2D eigenvalue weighted by molar-refractivity contribution is 0.250. The summed E-state index contributed by atoms with van der Waals surface area (Å²) in [5, 5.41) is 14.1. The van der Waals surface area contributed by atoms with Crippen LogP contribution in [-0.4, -0.2) is 52.9 Å². The Labute approximate surface area is 159 Å². The smallest absolute Gasteiger partial charge is 0.227 e. The van der Waals surface area contributed by atoms with E-state index < -0.39 is 0 Å². The number of benzene rings is 2. The van der Waals surface area contributed by atoms with Crippen molar-refractivity contribution in [2.24, 2.45) is 0 Å². The minimum absolute atomic E-state index is 0.358. The summed E-state index contributed by atoms with van der Waals surface area (Å²) in [5.74, 6) is 1.71. The second-order valence-corrected chi connectivity index (χ2v) is 6.80. The van der Waals surface area contributed by atoms with E-state index in [1.807, 2.05) is 48.5 Å². The minimum atomic E-state index is 0.358. The van der Waals surface area contributed by atoms with Gasteiger partial charge in [0.25, 0.3) is 0 Å². The van der Waals surface area contributed by atoms with Gasteiger partial charge in [-0.1, -0.05) is 47.6 Å². The highest BCUT2D eigenvalue weighted by molar-refractivity contribution is 5.57. The van der Waals surface area contributed by atoms with Crippen molar-refractivity contribution in [1.82, 2.24) is 15.0 Å². The standard InChI is InChI=1S/C21H24N4O2/c26-19-10-5-4-9-18(19)25-15-13-24(14-16-25)12-6-11-20-22-21(23-27-20)17-7-2-1-3-8-17/h1-5,7-10,26H,6,11-16H2. The Morgan fingerprint density at radius 1 is 0.926 bits per heavy atom. The van der Waals surface area contributed by atoms with Crippen LogP contribution in [-0.2, 0) is 6.42 Å². The largest absolute Gasteiger partial charge is 0.506 e. The molecule has 2 aromatic carbocycles. The molecule has 0 saturated carbocycles. The zero-order valence-electron chi connectivity index (χ0n) is 15.3. The van der Waals surface area contributed by atoms with Gasteiger partial charge in [-0.3, -0.25) is 4.90 Å². The SMILES string of the molecule is Oc1ccccc1N1CCN(CCCc2nc(-c3ccccc3)no2)CC1. The quantitative estimate of drug-likeness (QED) is 0.725. The maximum atomic E-state index is 10.0. The monoisotopic (exact) mass is 364 g/mol. The summed E-state index contributed by atoms with van der Waals surface area (Å²) in [7, 11) is 0. The van der Waals surface area contributed by atoms with Crippen LogP contribution in [0.15, 0.2) is 59.1 Å². The maximum Gasteiger partial charge on any atom is 0.227 e. The lowest BCUT2D eigenvalue weighted by atomic mass is 10.2. The fourth-order valence-electron chi connectivity index (χ4n) is 3.46. The molecule has 27 heavy (non-hydrogen) atoms. The zero-order valence-corrected chi connectivity index (χ0v) is 15.3. The van der Waals surface area contributed by atoms with E-state index in [1.165, 1.54) is 0 Å². The predicted molar refractivity (Wildman–Crippen MR) is 105 cm³/mol. The molecule has 0 atom stereocenters. The molecule has 1 aliphatic rings. The van der Waals surface area contributed by atoms with Crippen LogP contribution in [0.1, 0.15) is 12.3 Å². The third-order valence-corrected chi connectivity index (χ3v) is 4.96. The third kappa shape index (κ3) is 4.28. The number of piperazine rings is 1. The van der Waals surface area contributed by atoms with Gasteiger partial charge in [0.1, 0.15) is 5.75 Å². The highest BCUT2D eigenvalue weighted by atomic mass is 16.5. The average Bonchev–Trinajstić information content (AvgIpc) is 3.19. The van der Waals surface area contributed by atoms with Crippen molar-refractivity contribution < 1.29 is 9.63 Å². The van der Waals surface area contributed by atoms with E-state index in [0.29, 0.717) is 17.5 Å². The van der Waals surface area contributed by atoms with Gasteiger partial charge in [0.15, 0.2) is 0 Å². The molecule has 0 amide bonds. The Hall–Kier alpha value is -2.86. The molecule has 140 valence electrons. The summed E-state index contributed by atoms with van der Waals surface area (Å²) in [6.45, 7) is 4.85. The van der Waals surface area contributed by atoms with Crippen molar-refractivity contribution in [1.29, 1.82) is 0 Å². The van der Waals surface area contributed by atoms with Gasteiger partial charge >= 0.3 is 0 Å². The first kappa shape index (κ1) is 17.5. The summed E-state index contributed by atoms with van der Waals surface area (Å²) in [6.07, 6.45) is 1.78. The normalized spacial score (nSPS) is 15.2. The molecule has 0 unspecified atom stereocenters. The molecule has 0 radical (unpaired) electrons. The van der Waals surface area contributed by atoms with Crippen LogP contribution in [0.25, 0.3) is 11.4 Å². The van der Waals surface area contributed by atoms with E-state index in [2.05, 4.69) is 19.9 Å². The van der Waals surface area contributed by atoms with Gasteiger partial charge in [-0.2, -0.15) is 4.98 Å². The van der Waals surface area contributed by atoms with E-state index >= 15 is 0 Å². The number of aryl methyl sites for hydroxylation is 1. The van der Waals surface area contributed by atoms with Crippen LogP contribution in [0, 0.1) is 0 Å². The molecular weight excluding hydrogens is 340 g/mol. The molecule has 3 aromatic rings. The third-order valence-electron chi connectivity index (χ3n) is 4.96. The molecule has 0 spiro atoms. The van der Waals surface area contributed by atoms with E-state index in [0.717, 1.165) is 56.8 Å². The predicted octanol–water partition coefficient (Wildman–Crippen LogP) is 3.20. The van der Waals surface area contributed by atoms with Gasteiger partial charge in [-0.15, -0.1) is 0 Å². The Bertz CT molecular complexity index is 857. The second-order valence-electron chi connectivity index (χ2n) is 6.80. The number of nitrogens with zero attached hydrogens (tertiary/aromatic N) is 4. The first-order chi connectivity index (χ1) is 13.3. The molecule has 1 aliphatic heterocycles. The van der Waals surface area contributed by atoms with Crippen LogP contribution in [0.2, 0.25) is 0 Å². The van der Waals surface area contributed by atoms with Gasteiger partial charge < -0.3 is 14.5 Å². The summed E-state index contributed by atoms with van der Waals surface area (Å²) < 4.78 is 5.38. The van der Waals surface area contributed by atoms with E-state index in [9.17, 15) is 5.11 Å². The van der Waals surface area contributed by atoms with Crippen LogP contribution >= 0.6 is 0 Å². The molecule has 0 bridgehead atoms. The van der Waals surface area contributed by atoms with E-state index in [4.69, 9.17) is 4.52 Å². The number of phenols is 1. The Morgan fingerprint density at radius 2 is 1.67 bits per heavy atom. The highest BCUT2D eigenvalue weighted by Gasteiger charge is 2.19. The average molecular weight is 364 g/mol. The summed E-state index contributed by atoms with van der Waals surface area (Å²) in [4.78, 5) is 9.19. The summed E-state index contributed by atoms with van der Waals surface area (Å²) in [5.41, 5.74) is 1.91. The van der Waals surface area contributed by atoms with Crippen molar-refractivity contribution in [3.8, 4) is 17.1 Å². The summed E-state index contributed by atoms with van der Waals surface area (Å²) in [6, 6.07) is 17.4. The van der Waals surface area contributed by atoms with Crippen molar-refractivity contribution in [3.63, 3.8) is 0 Å². The highest BCUT2D eigenvalue weighted by Crippen LogP contribution is 2.27. The summed E-state index contributed by atoms with van der Waals surface area (Å²) >= 11 is 0. The van der Waals surface area contributed by atoms with Gasteiger partial charge in [0.2, 0.25) is 11.7 Å². The molecule has 6 heteroatoms. The fraction of sp³-hybridized carbons (Fsp3) is 0.333. The lowest BCUT2D eigenvalue weighted by Gasteiger charge is -2.36. The van der Waals surface area contributed by atoms with E-state index in [-0.39, 0.29) is 0 Å². The lowest BCUT2D eigenvalue weighted by Crippen LogP contribution is -2.46. The van der Waals surface area contributed by atoms with E-state index in [1.54, 1.807) is 6.07 Å². The Balaban J connectivity index is 1.23. The zero-order chi connectivity index (χ0) is 18.5. The number of hydrogen-bond acceptors (Lipinski definition) is 6.